The first kappa shape index (κ1) is 11.4. The quantitative estimate of drug-likeness (QED) is 0.886. The summed E-state index contributed by atoms with van der Waals surface area (Å²) in [4.78, 5) is 6.75. The fraction of sp³-hybridized carbons (Fsp3) is 0.385. The number of ether oxygens (including phenoxy) is 1. The number of rotatable bonds is 3. The first-order chi connectivity index (χ1) is 8.93. The standard InChI is InChI=1S/C13H16N4O/c1-2-5-14-11(3-1)9-17-7-8-18-10-13(17)12-4-6-15-16-12/h1-6,13H,7-10H2,(H,15,16)/t13-/m0/s1. The van der Waals surface area contributed by atoms with Crippen molar-refractivity contribution in [2.45, 2.75) is 12.6 Å². The van der Waals surface area contributed by atoms with Gasteiger partial charge >= 0.3 is 0 Å². The molecule has 0 unspecified atom stereocenters. The zero-order valence-corrected chi connectivity index (χ0v) is 10.1. The van der Waals surface area contributed by atoms with Crippen LogP contribution in [0.5, 0.6) is 0 Å². The Bertz CT molecular complexity index is 471. The van der Waals surface area contributed by atoms with Gasteiger partial charge in [-0.05, 0) is 18.2 Å². The van der Waals surface area contributed by atoms with Gasteiger partial charge in [-0.1, -0.05) is 6.07 Å². The van der Waals surface area contributed by atoms with Crippen molar-refractivity contribution < 1.29 is 4.74 Å². The highest BCUT2D eigenvalue weighted by Gasteiger charge is 2.25. The molecule has 3 rings (SSSR count). The lowest BCUT2D eigenvalue weighted by Gasteiger charge is -2.34. The van der Waals surface area contributed by atoms with E-state index in [0.717, 1.165) is 31.1 Å². The van der Waals surface area contributed by atoms with Gasteiger partial charge in [0, 0.05) is 25.5 Å². The molecule has 0 amide bonds. The molecular formula is C13H16N4O. The Kier molecular flexibility index (Phi) is 3.34. The Morgan fingerprint density at radius 3 is 3.11 bits per heavy atom. The minimum Gasteiger partial charge on any atom is -0.378 e. The van der Waals surface area contributed by atoms with Crippen molar-refractivity contribution in [2.75, 3.05) is 19.8 Å². The van der Waals surface area contributed by atoms with Gasteiger partial charge in [-0.2, -0.15) is 5.10 Å². The van der Waals surface area contributed by atoms with Crippen molar-refractivity contribution in [3.8, 4) is 0 Å². The van der Waals surface area contributed by atoms with E-state index >= 15 is 0 Å². The number of hydrogen-bond donors (Lipinski definition) is 1. The highest BCUT2D eigenvalue weighted by atomic mass is 16.5. The first-order valence-electron chi connectivity index (χ1n) is 6.14. The van der Waals surface area contributed by atoms with Crippen LogP contribution in [0.1, 0.15) is 17.4 Å². The van der Waals surface area contributed by atoms with Crippen LogP contribution in [0.2, 0.25) is 0 Å². The lowest BCUT2D eigenvalue weighted by atomic mass is 10.1. The van der Waals surface area contributed by atoms with Gasteiger partial charge in [0.15, 0.2) is 0 Å². The molecule has 5 heteroatoms. The normalized spacial score (nSPS) is 21.0. The highest BCUT2D eigenvalue weighted by molar-refractivity contribution is 5.09. The van der Waals surface area contributed by atoms with Crippen LogP contribution in [0.25, 0.3) is 0 Å². The molecule has 18 heavy (non-hydrogen) atoms. The lowest BCUT2D eigenvalue weighted by molar-refractivity contribution is -0.0148. The molecule has 1 aliphatic rings. The van der Waals surface area contributed by atoms with Crippen molar-refractivity contribution in [1.29, 1.82) is 0 Å². The molecule has 2 aromatic heterocycles. The number of nitrogens with zero attached hydrogens (tertiary/aromatic N) is 3. The number of aromatic nitrogens is 3. The molecule has 0 spiro atoms. The molecule has 0 radical (unpaired) electrons. The van der Waals surface area contributed by atoms with E-state index < -0.39 is 0 Å². The van der Waals surface area contributed by atoms with Crippen LogP contribution in [0, 0.1) is 0 Å². The van der Waals surface area contributed by atoms with Gasteiger partial charge in [-0.15, -0.1) is 0 Å². The molecular weight excluding hydrogens is 228 g/mol. The summed E-state index contributed by atoms with van der Waals surface area (Å²) in [5, 5.41) is 7.05. The average Bonchev–Trinajstić information content (AvgIpc) is 2.94. The Morgan fingerprint density at radius 1 is 1.33 bits per heavy atom. The predicted molar refractivity (Wildman–Crippen MR) is 66.8 cm³/mol. The monoisotopic (exact) mass is 244 g/mol. The summed E-state index contributed by atoms with van der Waals surface area (Å²) >= 11 is 0. The number of nitrogens with one attached hydrogen (secondary N) is 1. The van der Waals surface area contributed by atoms with Crippen LogP contribution in [-0.2, 0) is 11.3 Å². The van der Waals surface area contributed by atoms with Crippen LogP contribution in [-0.4, -0.2) is 39.8 Å². The predicted octanol–water partition coefficient (Wildman–Crippen LogP) is 1.38. The molecule has 2 aromatic rings. The first-order valence-corrected chi connectivity index (χ1v) is 6.14. The smallest absolute Gasteiger partial charge is 0.0756 e. The number of aromatic amines is 1. The van der Waals surface area contributed by atoms with E-state index in [1.165, 1.54) is 0 Å². The van der Waals surface area contributed by atoms with Crippen LogP contribution in [0.4, 0.5) is 0 Å². The summed E-state index contributed by atoms with van der Waals surface area (Å²) in [6.45, 7) is 3.24. The van der Waals surface area contributed by atoms with E-state index in [-0.39, 0.29) is 6.04 Å². The van der Waals surface area contributed by atoms with Crippen molar-refractivity contribution in [1.82, 2.24) is 20.1 Å². The summed E-state index contributed by atoms with van der Waals surface area (Å²) in [6, 6.07) is 8.26. The number of pyridine rings is 1. The summed E-state index contributed by atoms with van der Waals surface area (Å²) in [6.07, 6.45) is 3.61. The Morgan fingerprint density at radius 2 is 2.33 bits per heavy atom. The minimum absolute atomic E-state index is 0.239. The van der Waals surface area contributed by atoms with E-state index in [1.54, 1.807) is 6.20 Å². The average molecular weight is 244 g/mol. The topological polar surface area (TPSA) is 54.0 Å². The molecule has 0 bridgehead atoms. The summed E-state index contributed by atoms with van der Waals surface area (Å²) in [7, 11) is 0. The summed E-state index contributed by atoms with van der Waals surface area (Å²) in [5.74, 6) is 0. The van der Waals surface area contributed by atoms with Crippen LogP contribution in [0.3, 0.4) is 0 Å². The molecule has 1 atom stereocenters. The SMILES string of the molecule is c1ccc(CN2CCOC[C@H]2c2ccn[nH]2)nc1. The van der Waals surface area contributed by atoms with E-state index in [1.807, 2.05) is 24.4 Å². The van der Waals surface area contributed by atoms with Gasteiger partial charge < -0.3 is 4.74 Å². The molecule has 1 aliphatic heterocycles. The van der Waals surface area contributed by atoms with E-state index in [4.69, 9.17) is 4.74 Å². The summed E-state index contributed by atoms with van der Waals surface area (Å²) in [5.41, 5.74) is 2.19. The second kappa shape index (κ2) is 5.29. The molecule has 3 heterocycles. The third-order valence-corrected chi connectivity index (χ3v) is 3.21. The van der Waals surface area contributed by atoms with E-state index in [9.17, 15) is 0 Å². The summed E-state index contributed by atoms with van der Waals surface area (Å²) < 4.78 is 5.56. The van der Waals surface area contributed by atoms with Gasteiger partial charge in [-0.25, -0.2) is 0 Å². The zero-order valence-electron chi connectivity index (χ0n) is 10.1. The lowest BCUT2D eigenvalue weighted by Crippen LogP contribution is -2.39. The van der Waals surface area contributed by atoms with E-state index in [0.29, 0.717) is 6.61 Å². The van der Waals surface area contributed by atoms with Crippen LogP contribution in [0.15, 0.2) is 36.7 Å². The van der Waals surface area contributed by atoms with E-state index in [2.05, 4.69) is 26.1 Å². The second-order valence-electron chi connectivity index (χ2n) is 4.39. The second-order valence-corrected chi connectivity index (χ2v) is 4.39. The minimum atomic E-state index is 0.239. The fourth-order valence-electron chi connectivity index (χ4n) is 2.27. The molecule has 1 N–H and O–H groups in total. The maximum absolute atomic E-state index is 5.56. The maximum atomic E-state index is 5.56. The van der Waals surface area contributed by atoms with Crippen molar-refractivity contribution in [3.63, 3.8) is 0 Å². The van der Waals surface area contributed by atoms with Crippen LogP contribution < -0.4 is 0 Å². The van der Waals surface area contributed by atoms with Gasteiger partial charge in [0.25, 0.3) is 0 Å². The van der Waals surface area contributed by atoms with Gasteiger partial charge in [-0.3, -0.25) is 15.0 Å². The largest absolute Gasteiger partial charge is 0.378 e. The number of morpholine rings is 1. The third-order valence-electron chi connectivity index (χ3n) is 3.21. The van der Waals surface area contributed by atoms with Crippen molar-refractivity contribution in [3.05, 3.63) is 48.0 Å². The fourth-order valence-corrected chi connectivity index (χ4v) is 2.27. The number of hydrogen-bond acceptors (Lipinski definition) is 4. The maximum Gasteiger partial charge on any atom is 0.0756 e. The van der Waals surface area contributed by atoms with Crippen molar-refractivity contribution in [2.24, 2.45) is 0 Å². The molecule has 0 aliphatic carbocycles. The molecule has 1 saturated heterocycles. The Hall–Kier alpha value is -1.72. The van der Waals surface area contributed by atoms with Gasteiger partial charge in [0.2, 0.25) is 0 Å². The molecule has 5 nitrogen and oxygen atoms in total. The van der Waals surface area contributed by atoms with Crippen LogP contribution >= 0.6 is 0 Å². The van der Waals surface area contributed by atoms with Gasteiger partial charge in [0.1, 0.15) is 0 Å². The van der Waals surface area contributed by atoms with Crippen molar-refractivity contribution >= 4 is 0 Å². The highest BCUT2D eigenvalue weighted by Crippen LogP contribution is 2.23. The van der Waals surface area contributed by atoms with Gasteiger partial charge in [0.05, 0.1) is 30.6 Å². The Labute approximate surface area is 106 Å². The molecule has 0 aromatic carbocycles. The molecule has 94 valence electrons. The Balaban J connectivity index is 1.76. The molecule has 1 fully saturated rings. The number of H-pyrrole nitrogens is 1. The zero-order chi connectivity index (χ0) is 12.2. The molecule has 0 saturated carbocycles. The third kappa shape index (κ3) is 2.42.